The minimum atomic E-state index is -3.92. The van der Waals surface area contributed by atoms with Crippen LogP contribution in [0.15, 0.2) is 23.1 Å². The lowest BCUT2D eigenvalue weighted by Gasteiger charge is -2.35. The fourth-order valence-electron chi connectivity index (χ4n) is 5.15. The van der Waals surface area contributed by atoms with Gasteiger partial charge < -0.3 is 33.5 Å². The highest BCUT2D eigenvalue weighted by molar-refractivity contribution is 7.89. The van der Waals surface area contributed by atoms with Gasteiger partial charge in [0.05, 0.1) is 21.3 Å². The first kappa shape index (κ1) is 25.4. The number of benzene rings is 2. The van der Waals surface area contributed by atoms with E-state index in [0.29, 0.717) is 53.6 Å². The minimum Gasteiger partial charge on any atom is -0.493 e. The first-order valence-electron chi connectivity index (χ1n) is 12.0. The maximum atomic E-state index is 14.0. The van der Waals surface area contributed by atoms with Crippen LogP contribution >= 0.6 is 0 Å². The zero-order valence-corrected chi connectivity index (χ0v) is 22.2. The van der Waals surface area contributed by atoms with Crippen molar-refractivity contribution in [3.63, 3.8) is 0 Å². The Hall–Kier alpha value is -3.22. The van der Waals surface area contributed by atoms with Crippen LogP contribution in [0.3, 0.4) is 0 Å². The van der Waals surface area contributed by atoms with E-state index in [9.17, 15) is 13.2 Å². The van der Waals surface area contributed by atoms with Crippen molar-refractivity contribution in [2.75, 3.05) is 67.9 Å². The molecule has 0 unspecified atom stereocenters. The van der Waals surface area contributed by atoms with E-state index in [2.05, 4.69) is 4.90 Å². The molecular formula is C25H31N3O8S. The van der Waals surface area contributed by atoms with Crippen LogP contribution in [0, 0.1) is 0 Å². The molecule has 12 heteroatoms. The highest BCUT2D eigenvalue weighted by Crippen LogP contribution is 2.51. The van der Waals surface area contributed by atoms with E-state index in [1.807, 2.05) is 7.05 Å². The third kappa shape index (κ3) is 4.32. The van der Waals surface area contributed by atoms with Crippen LogP contribution in [0.2, 0.25) is 0 Å². The van der Waals surface area contributed by atoms with Crippen LogP contribution in [0.1, 0.15) is 21.5 Å². The van der Waals surface area contributed by atoms with Crippen molar-refractivity contribution in [2.45, 2.75) is 17.9 Å². The minimum absolute atomic E-state index is 0.0689. The number of sulfonamides is 1. The monoisotopic (exact) mass is 533 g/mol. The lowest BCUT2D eigenvalue weighted by molar-refractivity contribution is 0.0697. The molecule has 0 aromatic heterocycles. The molecule has 0 atom stereocenters. The van der Waals surface area contributed by atoms with Crippen LogP contribution in [0.5, 0.6) is 28.7 Å². The SMILES string of the molecule is COc1ccc(C(=O)N2CCN(S(=O)(=O)c3c4c(c(OC)c5c3OCO5)CN(C)CC4)CC2)cc1OC. The Morgan fingerprint density at radius 2 is 1.59 bits per heavy atom. The highest BCUT2D eigenvalue weighted by Gasteiger charge is 2.41. The Morgan fingerprint density at radius 3 is 2.27 bits per heavy atom. The molecule has 37 heavy (non-hydrogen) atoms. The van der Waals surface area contributed by atoms with Gasteiger partial charge in [-0.15, -0.1) is 0 Å². The van der Waals surface area contributed by atoms with Gasteiger partial charge in [-0.05, 0) is 37.2 Å². The lowest BCUT2D eigenvalue weighted by atomic mass is 9.97. The number of rotatable bonds is 6. The smallest absolute Gasteiger partial charge is 0.254 e. The molecule has 3 aliphatic heterocycles. The number of carbonyl (C=O) groups excluding carboxylic acids is 1. The van der Waals surface area contributed by atoms with Gasteiger partial charge in [0.15, 0.2) is 23.0 Å². The summed E-state index contributed by atoms with van der Waals surface area (Å²) in [5.74, 6) is 1.86. The van der Waals surface area contributed by atoms with Gasteiger partial charge in [-0.2, -0.15) is 4.31 Å². The summed E-state index contributed by atoms with van der Waals surface area (Å²) in [6, 6.07) is 4.99. The van der Waals surface area contributed by atoms with E-state index in [4.69, 9.17) is 23.7 Å². The molecule has 0 saturated carbocycles. The van der Waals surface area contributed by atoms with Gasteiger partial charge >= 0.3 is 0 Å². The van der Waals surface area contributed by atoms with Crippen LogP contribution in [0.4, 0.5) is 0 Å². The quantitative estimate of drug-likeness (QED) is 0.547. The molecule has 1 amide bonds. The molecule has 5 rings (SSSR count). The van der Waals surface area contributed by atoms with Crippen molar-refractivity contribution < 1.29 is 36.9 Å². The van der Waals surface area contributed by atoms with Gasteiger partial charge in [-0.3, -0.25) is 4.79 Å². The first-order valence-corrected chi connectivity index (χ1v) is 13.5. The molecule has 2 aromatic carbocycles. The summed E-state index contributed by atoms with van der Waals surface area (Å²) >= 11 is 0. The van der Waals surface area contributed by atoms with Gasteiger partial charge in [0, 0.05) is 50.4 Å². The molecule has 11 nitrogen and oxygen atoms in total. The third-order valence-corrected chi connectivity index (χ3v) is 9.06. The summed E-state index contributed by atoms with van der Waals surface area (Å²) in [6.45, 7) is 2.03. The largest absolute Gasteiger partial charge is 0.493 e. The second kappa shape index (κ2) is 9.92. The number of methoxy groups -OCH3 is 3. The Kier molecular flexibility index (Phi) is 6.82. The zero-order valence-electron chi connectivity index (χ0n) is 21.4. The van der Waals surface area contributed by atoms with Gasteiger partial charge in [-0.25, -0.2) is 8.42 Å². The second-order valence-corrected chi connectivity index (χ2v) is 11.0. The number of amides is 1. The van der Waals surface area contributed by atoms with Crippen LogP contribution < -0.4 is 23.7 Å². The predicted molar refractivity (Wildman–Crippen MR) is 133 cm³/mol. The molecule has 1 saturated heterocycles. The number of piperazine rings is 1. The standard InChI is InChI=1S/C25H31N3O8S/c1-26-8-7-17-18(14-26)21(34-4)22-23(36-15-35-22)24(17)37(30,31)28-11-9-27(10-12-28)25(29)16-5-6-19(32-2)20(13-16)33-3/h5-6,13H,7-12,14-15H2,1-4H3. The Bertz CT molecular complexity index is 1320. The van der Waals surface area contributed by atoms with Crippen LogP contribution in [-0.2, 0) is 23.0 Å². The average Bonchev–Trinajstić information content (AvgIpc) is 3.39. The Morgan fingerprint density at radius 1 is 0.892 bits per heavy atom. The molecular weight excluding hydrogens is 502 g/mol. The Labute approximate surface area is 216 Å². The molecule has 0 radical (unpaired) electrons. The molecule has 3 aliphatic rings. The Balaban J connectivity index is 1.41. The number of hydrogen-bond donors (Lipinski definition) is 0. The van der Waals surface area contributed by atoms with Crippen molar-refractivity contribution >= 4 is 15.9 Å². The summed E-state index contributed by atoms with van der Waals surface area (Å²) < 4.78 is 57.0. The van der Waals surface area contributed by atoms with E-state index < -0.39 is 10.0 Å². The second-order valence-electron chi connectivity index (χ2n) is 9.14. The molecule has 2 aromatic rings. The summed E-state index contributed by atoms with van der Waals surface area (Å²) in [4.78, 5) is 17.1. The summed E-state index contributed by atoms with van der Waals surface area (Å²) in [5.41, 5.74) is 1.97. The maximum absolute atomic E-state index is 14.0. The van der Waals surface area contributed by atoms with E-state index in [1.165, 1.54) is 18.5 Å². The summed E-state index contributed by atoms with van der Waals surface area (Å²) in [7, 11) is 2.65. The van der Waals surface area contributed by atoms with Crippen molar-refractivity contribution in [2.24, 2.45) is 0 Å². The summed E-state index contributed by atoms with van der Waals surface area (Å²) in [5, 5.41) is 0. The van der Waals surface area contributed by atoms with E-state index in [-0.39, 0.29) is 49.5 Å². The lowest BCUT2D eigenvalue weighted by Crippen LogP contribution is -2.50. The van der Waals surface area contributed by atoms with Gasteiger partial charge in [0.1, 0.15) is 4.90 Å². The van der Waals surface area contributed by atoms with Crippen LogP contribution in [-0.4, -0.2) is 96.3 Å². The van der Waals surface area contributed by atoms with Crippen LogP contribution in [0.25, 0.3) is 0 Å². The van der Waals surface area contributed by atoms with Crippen molar-refractivity contribution in [1.82, 2.24) is 14.1 Å². The van der Waals surface area contributed by atoms with E-state index in [0.717, 1.165) is 5.56 Å². The van der Waals surface area contributed by atoms with Crippen molar-refractivity contribution in [1.29, 1.82) is 0 Å². The third-order valence-electron chi connectivity index (χ3n) is 7.07. The average molecular weight is 534 g/mol. The molecule has 3 heterocycles. The van der Waals surface area contributed by atoms with Crippen molar-refractivity contribution in [3.8, 4) is 28.7 Å². The van der Waals surface area contributed by atoms with Gasteiger partial charge in [0.2, 0.25) is 22.6 Å². The van der Waals surface area contributed by atoms with Crippen molar-refractivity contribution in [3.05, 3.63) is 34.9 Å². The van der Waals surface area contributed by atoms with Gasteiger partial charge in [-0.1, -0.05) is 0 Å². The van der Waals surface area contributed by atoms with Gasteiger partial charge in [0.25, 0.3) is 5.91 Å². The first-order chi connectivity index (χ1) is 17.8. The number of fused-ring (bicyclic) bond motifs is 2. The number of nitrogens with zero attached hydrogens (tertiary/aromatic N) is 3. The zero-order chi connectivity index (χ0) is 26.3. The fraction of sp³-hybridized carbons (Fsp3) is 0.480. The topological polar surface area (TPSA) is 107 Å². The molecule has 0 aliphatic carbocycles. The molecule has 0 N–H and O–H groups in total. The molecule has 0 spiro atoms. The van der Waals surface area contributed by atoms with E-state index >= 15 is 0 Å². The fourth-order valence-corrected chi connectivity index (χ4v) is 6.97. The summed E-state index contributed by atoms with van der Waals surface area (Å²) in [6.07, 6.45) is 0.547. The molecule has 200 valence electrons. The normalized spacial score (nSPS) is 17.9. The predicted octanol–water partition coefficient (Wildman–Crippen LogP) is 1.58. The number of carbonyl (C=O) groups is 1. The number of hydrogen-bond acceptors (Lipinski definition) is 9. The maximum Gasteiger partial charge on any atom is 0.254 e. The molecule has 1 fully saturated rings. The molecule has 0 bridgehead atoms. The number of likely N-dealkylation sites (N-methyl/N-ethyl adjacent to an activating group) is 1. The van der Waals surface area contributed by atoms with E-state index in [1.54, 1.807) is 30.2 Å². The number of ether oxygens (including phenoxy) is 5. The highest BCUT2D eigenvalue weighted by atomic mass is 32.2.